The van der Waals surface area contributed by atoms with Gasteiger partial charge in [0.1, 0.15) is 5.60 Å². The lowest BCUT2D eigenvalue weighted by Gasteiger charge is -2.39. The van der Waals surface area contributed by atoms with E-state index in [1.807, 2.05) is 0 Å². The van der Waals surface area contributed by atoms with Crippen molar-refractivity contribution in [3.63, 3.8) is 0 Å². The lowest BCUT2D eigenvalue weighted by Crippen LogP contribution is -2.51. The van der Waals surface area contributed by atoms with Gasteiger partial charge < -0.3 is 4.74 Å². The first-order valence-electron chi connectivity index (χ1n) is 5.71. The number of rotatable bonds is 0. The van der Waals surface area contributed by atoms with Crippen LogP contribution < -0.4 is 0 Å². The molecule has 0 bridgehead atoms. The quantitative estimate of drug-likeness (QED) is 0.689. The van der Waals surface area contributed by atoms with Gasteiger partial charge in [-0.25, -0.2) is 0 Å². The number of ether oxygens (including phenoxy) is 1. The molecule has 0 amide bonds. The van der Waals surface area contributed by atoms with E-state index in [1.54, 1.807) is 0 Å². The van der Waals surface area contributed by atoms with Crippen LogP contribution in [0.3, 0.4) is 0 Å². The van der Waals surface area contributed by atoms with Gasteiger partial charge in [-0.2, -0.15) is 8.78 Å². The molecule has 0 spiro atoms. The summed E-state index contributed by atoms with van der Waals surface area (Å²) >= 11 is 5.84. The second kappa shape index (κ2) is 3.54. The topological polar surface area (TPSA) is 43.4 Å². The molecule has 100 valence electrons. The number of halogens is 3. The summed E-state index contributed by atoms with van der Waals surface area (Å²) in [5.41, 5.74) is -1.39. The van der Waals surface area contributed by atoms with E-state index in [2.05, 4.69) is 0 Å². The van der Waals surface area contributed by atoms with Gasteiger partial charge in [-0.05, 0) is 25.1 Å². The molecule has 0 N–H and O–H groups in total. The molecule has 1 aromatic carbocycles. The van der Waals surface area contributed by atoms with Gasteiger partial charge in [0.15, 0.2) is 0 Å². The van der Waals surface area contributed by atoms with Crippen molar-refractivity contribution in [2.45, 2.75) is 24.9 Å². The number of esters is 1. The van der Waals surface area contributed by atoms with Crippen molar-refractivity contribution in [2.24, 2.45) is 5.92 Å². The summed E-state index contributed by atoms with van der Waals surface area (Å²) in [6, 6.07) is 4.03. The minimum atomic E-state index is -3.61. The van der Waals surface area contributed by atoms with E-state index in [4.69, 9.17) is 16.3 Å². The summed E-state index contributed by atoms with van der Waals surface area (Å²) in [6.45, 7) is 1.40. The highest BCUT2D eigenvalue weighted by Crippen LogP contribution is 2.54. The Kier molecular flexibility index (Phi) is 2.33. The maximum absolute atomic E-state index is 14.1. The van der Waals surface area contributed by atoms with Crippen molar-refractivity contribution in [1.82, 2.24) is 0 Å². The van der Waals surface area contributed by atoms with E-state index in [0.29, 0.717) is 5.02 Å². The van der Waals surface area contributed by atoms with Crippen LogP contribution in [-0.4, -0.2) is 17.7 Å². The molecule has 6 heteroatoms. The van der Waals surface area contributed by atoms with Crippen LogP contribution in [0.15, 0.2) is 18.2 Å². The maximum atomic E-state index is 14.1. The predicted molar refractivity (Wildman–Crippen MR) is 62.3 cm³/mol. The van der Waals surface area contributed by atoms with E-state index in [1.165, 1.54) is 25.1 Å². The summed E-state index contributed by atoms with van der Waals surface area (Å²) in [6.07, 6.45) is -0.471. The molecular formula is C13H9ClF2O3. The minimum Gasteiger partial charge on any atom is -0.454 e. The van der Waals surface area contributed by atoms with E-state index in [9.17, 15) is 18.4 Å². The highest BCUT2D eigenvalue weighted by Gasteiger charge is 2.66. The van der Waals surface area contributed by atoms with Crippen LogP contribution in [0.2, 0.25) is 5.02 Å². The van der Waals surface area contributed by atoms with Gasteiger partial charge in [0, 0.05) is 16.1 Å². The van der Waals surface area contributed by atoms with Gasteiger partial charge >= 0.3 is 11.9 Å². The molecule has 1 aliphatic carbocycles. The van der Waals surface area contributed by atoms with Crippen LogP contribution in [0.4, 0.5) is 8.78 Å². The number of hydrogen-bond donors (Lipinski definition) is 0. The van der Waals surface area contributed by atoms with Gasteiger partial charge in [0.05, 0.1) is 12.3 Å². The number of alkyl halides is 2. The average Bonchev–Trinajstić information content (AvgIpc) is 2.65. The molecule has 2 atom stereocenters. The van der Waals surface area contributed by atoms with Crippen LogP contribution in [0.5, 0.6) is 0 Å². The molecule has 19 heavy (non-hydrogen) atoms. The summed E-state index contributed by atoms with van der Waals surface area (Å²) in [4.78, 5) is 23.3. The fourth-order valence-electron chi connectivity index (χ4n) is 2.89. The lowest BCUT2D eigenvalue weighted by molar-refractivity contribution is -0.153. The third-order valence-corrected chi connectivity index (χ3v) is 4.10. The number of fused-ring (bicyclic) bond motifs is 3. The normalized spacial score (nSPS) is 31.7. The molecule has 3 rings (SSSR count). The first-order chi connectivity index (χ1) is 8.76. The number of hydrogen-bond acceptors (Lipinski definition) is 3. The van der Waals surface area contributed by atoms with Crippen LogP contribution in [0.25, 0.3) is 0 Å². The number of carbonyl (C=O) groups is 2. The summed E-state index contributed by atoms with van der Waals surface area (Å²) in [5, 5.41) is 0.305. The first-order valence-corrected chi connectivity index (χ1v) is 6.09. The molecule has 0 aromatic heterocycles. The SMILES string of the molecule is CC12OC(=O)CC1C(F)(F)C(=O)c1ccc(Cl)cc12. The Bertz CT molecular complexity index is 614. The van der Waals surface area contributed by atoms with E-state index in [-0.39, 0.29) is 11.1 Å². The Morgan fingerprint density at radius 2 is 2.05 bits per heavy atom. The van der Waals surface area contributed by atoms with E-state index in [0.717, 1.165) is 0 Å². The predicted octanol–water partition coefficient (Wildman–Crippen LogP) is 2.95. The maximum Gasteiger partial charge on any atom is 0.317 e. The van der Waals surface area contributed by atoms with Gasteiger partial charge in [0.2, 0.25) is 5.78 Å². The Hall–Kier alpha value is -1.49. The molecule has 3 nitrogen and oxygen atoms in total. The zero-order valence-corrected chi connectivity index (χ0v) is 10.6. The minimum absolute atomic E-state index is 0.136. The Labute approximate surface area is 112 Å². The van der Waals surface area contributed by atoms with Gasteiger partial charge in [-0.1, -0.05) is 11.6 Å². The largest absolute Gasteiger partial charge is 0.454 e. The third-order valence-electron chi connectivity index (χ3n) is 3.86. The summed E-state index contributed by atoms with van der Waals surface area (Å²) in [7, 11) is 0. The van der Waals surface area contributed by atoms with Gasteiger partial charge in [0.25, 0.3) is 0 Å². The third kappa shape index (κ3) is 1.48. The van der Waals surface area contributed by atoms with Crippen molar-refractivity contribution in [1.29, 1.82) is 0 Å². The second-order valence-corrected chi connectivity index (χ2v) is 5.42. The molecule has 0 radical (unpaired) electrons. The van der Waals surface area contributed by atoms with Crippen molar-refractivity contribution in [3.05, 3.63) is 34.3 Å². The Balaban J connectivity index is 2.31. The fraction of sp³-hybridized carbons (Fsp3) is 0.385. The monoisotopic (exact) mass is 286 g/mol. The van der Waals surface area contributed by atoms with Crippen molar-refractivity contribution in [2.75, 3.05) is 0 Å². The molecule has 0 saturated carbocycles. The number of carbonyl (C=O) groups excluding carboxylic acids is 2. The number of benzene rings is 1. The zero-order valence-electron chi connectivity index (χ0n) is 9.88. The standard InChI is InChI=1S/C13H9ClF2O3/c1-12-8-4-6(14)2-3-7(8)11(18)13(15,16)9(12)5-10(17)19-12/h2-4,9H,5H2,1H3. The van der Waals surface area contributed by atoms with Crippen LogP contribution >= 0.6 is 11.6 Å². The molecule has 1 fully saturated rings. The number of Topliss-reactive ketones (excluding diaryl/α,β-unsaturated/α-hetero) is 1. The van der Waals surface area contributed by atoms with Crippen LogP contribution in [-0.2, 0) is 15.1 Å². The van der Waals surface area contributed by atoms with Crippen molar-refractivity contribution >= 4 is 23.4 Å². The van der Waals surface area contributed by atoms with Crippen LogP contribution in [0, 0.1) is 5.92 Å². The molecule has 1 saturated heterocycles. The molecule has 1 aromatic rings. The van der Waals surface area contributed by atoms with E-state index >= 15 is 0 Å². The molecule has 2 aliphatic rings. The zero-order chi connectivity index (χ0) is 14.0. The van der Waals surface area contributed by atoms with Gasteiger partial charge in [-0.3, -0.25) is 9.59 Å². The Morgan fingerprint density at radius 3 is 2.74 bits per heavy atom. The highest BCUT2D eigenvalue weighted by molar-refractivity contribution is 6.30. The molecule has 1 aliphatic heterocycles. The molecule has 2 unspecified atom stereocenters. The molecule has 1 heterocycles. The van der Waals surface area contributed by atoms with Gasteiger partial charge in [-0.15, -0.1) is 0 Å². The smallest absolute Gasteiger partial charge is 0.317 e. The van der Waals surface area contributed by atoms with E-state index < -0.39 is 35.6 Å². The first kappa shape index (κ1) is 12.5. The fourth-order valence-corrected chi connectivity index (χ4v) is 3.06. The molecular weight excluding hydrogens is 278 g/mol. The van der Waals surface area contributed by atoms with Crippen LogP contribution in [0.1, 0.15) is 29.3 Å². The second-order valence-electron chi connectivity index (χ2n) is 4.98. The average molecular weight is 287 g/mol. The van der Waals surface area contributed by atoms with Crippen molar-refractivity contribution in [3.8, 4) is 0 Å². The summed E-state index contributed by atoms with van der Waals surface area (Å²) < 4.78 is 33.4. The lowest BCUT2D eigenvalue weighted by atomic mass is 9.70. The Morgan fingerprint density at radius 1 is 1.37 bits per heavy atom. The highest BCUT2D eigenvalue weighted by atomic mass is 35.5. The van der Waals surface area contributed by atoms with Crippen molar-refractivity contribution < 1.29 is 23.1 Å². The number of ketones is 1. The summed E-state index contributed by atoms with van der Waals surface area (Å²) in [5.74, 6) is -7.10.